The highest BCUT2D eigenvalue weighted by Crippen LogP contribution is 2.27. The molecule has 0 saturated carbocycles. The summed E-state index contributed by atoms with van der Waals surface area (Å²) >= 11 is 7.28. The summed E-state index contributed by atoms with van der Waals surface area (Å²) in [6, 6.07) is 10.9. The van der Waals surface area contributed by atoms with Gasteiger partial charge < -0.3 is 10.6 Å². The number of halogens is 1. The number of amides is 2. The lowest BCUT2D eigenvalue weighted by Gasteiger charge is -2.08. The van der Waals surface area contributed by atoms with Crippen LogP contribution in [0, 0.1) is 10.1 Å². The third-order valence-electron chi connectivity index (χ3n) is 2.73. The van der Waals surface area contributed by atoms with Crippen LogP contribution in [0.15, 0.2) is 47.4 Å². The largest absolute Gasteiger partial charge is 0.323 e. The molecule has 0 heterocycles. The predicted molar refractivity (Wildman–Crippen MR) is 89.0 cm³/mol. The molecule has 2 aromatic rings. The molecule has 2 rings (SSSR count). The monoisotopic (exact) mass is 337 g/mol. The number of nitro groups is 1. The van der Waals surface area contributed by atoms with Crippen LogP contribution in [0.5, 0.6) is 0 Å². The quantitative estimate of drug-likeness (QED) is 0.484. The molecule has 0 fully saturated rings. The van der Waals surface area contributed by atoms with E-state index in [-0.39, 0.29) is 16.4 Å². The van der Waals surface area contributed by atoms with Crippen LogP contribution in [0.3, 0.4) is 0 Å². The Morgan fingerprint density at radius 2 is 1.86 bits per heavy atom. The second-order valence-electron chi connectivity index (χ2n) is 4.23. The van der Waals surface area contributed by atoms with Gasteiger partial charge in [-0.2, -0.15) is 0 Å². The summed E-state index contributed by atoms with van der Waals surface area (Å²) < 4.78 is 0. The van der Waals surface area contributed by atoms with Crippen molar-refractivity contribution in [3.8, 4) is 0 Å². The number of carbonyl (C=O) groups is 1. The van der Waals surface area contributed by atoms with E-state index in [0.29, 0.717) is 5.69 Å². The number of anilines is 2. The van der Waals surface area contributed by atoms with Crippen LogP contribution < -0.4 is 10.6 Å². The Morgan fingerprint density at radius 3 is 2.50 bits per heavy atom. The molecule has 6 nitrogen and oxygen atoms in total. The lowest BCUT2D eigenvalue weighted by molar-refractivity contribution is -0.384. The van der Waals surface area contributed by atoms with Gasteiger partial charge in [0.2, 0.25) is 0 Å². The van der Waals surface area contributed by atoms with Gasteiger partial charge in [-0.05, 0) is 36.6 Å². The minimum atomic E-state index is -0.604. The van der Waals surface area contributed by atoms with Crippen LogP contribution in [0.4, 0.5) is 21.9 Å². The maximum absolute atomic E-state index is 11.9. The molecular weight excluding hydrogens is 326 g/mol. The number of rotatable bonds is 4. The molecule has 0 aliphatic rings. The van der Waals surface area contributed by atoms with Crippen LogP contribution in [-0.4, -0.2) is 17.2 Å². The Balaban J connectivity index is 2.08. The normalized spacial score (nSPS) is 10.1. The molecular formula is C14H12ClN3O3S. The van der Waals surface area contributed by atoms with Crippen LogP contribution in [-0.2, 0) is 0 Å². The van der Waals surface area contributed by atoms with Gasteiger partial charge in [-0.15, -0.1) is 11.8 Å². The van der Waals surface area contributed by atoms with Crippen molar-refractivity contribution in [2.24, 2.45) is 0 Å². The Bertz CT molecular complexity index is 724. The smallest absolute Gasteiger partial charge is 0.308 e. The zero-order chi connectivity index (χ0) is 16.1. The van der Waals surface area contributed by atoms with Crippen molar-refractivity contribution in [1.29, 1.82) is 0 Å². The van der Waals surface area contributed by atoms with E-state index in [1.54, 1.807) is 17.8 Å². The van der Waals surface area contributed by atoms with Gasteiger partial charge in [0.25, 0.3) is 5.69 Å². The number of urea groups is 1. The number of carbonyl (C=O) groups excluding carboxylic acids is 1. The number of nitro benzene ring substituents is 1. The molecule has 0 unspecified atom stereocenters. The van der Waals surface area contributed by atoms with E-state index in [1.807, 2.05) is 24.5 Å². The lowest BCUT2D eigenvalue weighted by atomic mass is 10.3. The molecule has 0 atom stereocenters. The van der Waals surface area contributed by atoms with E-state index >= 15 is 0 Å². The van der Waals surface area contributed by atoms with Gasteiger partial charge in [-0.1, -0.05) is 17.7 Å². The Labute approximate surface area is 136 Å². The molecule has 0 saturated heterocycles. The Morgan fingerprint density at radius 1 is 1.18 bits per heavy atom. The summed E-state index contributed by atoms with van der Waals surface area (Å²) in [5.74, 6) is 0. The van der Waals surface area contributed by atoms with Crippen LogP contribution >= 0.6 is 23.4 Å². The fourth-order valence-electron chi connectivity index (χ4n) is 1.72. The first kappa shape index (κ1) is 16.1. The van der Waals surface area contributed by atoms with Gasteiger partial charge in [0.1, 0.15) is 5.02 Å². The number of benzene rings is 2. The predicted octanol–water partition coefficient (Wildman–Crippen LogP) is 4.61. The first-order chi connectivity index (χ1) is 10.5. The standard InChI is InChI=1S/C14H12ClN3O3S/c1-22-11-4-2-3-9(7-11)16-14(19)17-10-5-6-12(15)13(8-10)18(20)21/h2-8H,1H3,(H2,16,17,19). The third-order valence-corrected chi connectivity index (χ3v) is 3.77. The highest BCUT2D eigenvalue weighted by molar-refractivity contribution is 7.98. The first-order valence-electron chi connectivity index (χ1n) is 6.15. The Kier molecular flexibility index (Phi) is 5.24. The summed E-state index contributed by atoms with van der Waals surface area (Å²) in [6.45, 7) is 0. The molecule has 0 bridgehead atoms. The Hall–Kier alpha value is -2.25. The van der Waals surface area contributed by atoms with Gasteiger partial charge in [0, 0.05) is 22.3 Å². The van der Waals surface area contributed by atoms with Crippen molar-refractivity contribution in [2.45, 2.75) is 4.90 Å². The second kappa shape index (κ2) is 7.15. The number of hydrogen-bond donors (Lipinski definition) is 2. The molecule has 2 amide bonds. The molecule has 0 radical (unpaired) electrons. The van der Waals surface area contributed by atoms with E-state index < -0.39 is 11.0 Å². The molecule has 114 valence electrons. The SMILES string of the molecule is CSc1cccc(NC(=O)Nc2ccc(Cl)c([N+](=O)[O-])c2)c1. The van der Waals surface area contributed by atoms with Crippen molar-refractivity contribution in [3.05, 3.63) is 57.6 Å². The van der Waals surface area contributed by atoms with Crippen molar-refractivity contribution in [3.63, 3.8) is 0 Å². The topological polar surface area (TPSA) is 84.3 Å². The zero-order valence-electron chi connectivity index (χ0n) is 11.5. The first-order valence-corrected chi connectivity index (χ1v) is 7.76. The summed E-state index contributed by atoms with van der Waals surface area (Å²) in [4.78, 5) is 23.1. The summed E-state index contributed by atoms with van der Waals surface area (Å²) in [6.07, 6.45) is 1.94. The molecule has 0 spiro atoms. The van der Waals surface area contributed by atoms with Crippen LogP contribution in [0.2, 0.25) is 5.02 Å². The van der Waals surface area contributed by atoms with Crippen molar-refractivity contribution < 1.29 is 9.72 Å². The number of nitrogens with one attached hydrogen (secondary N) is 2. The highest BCUT2D eigenvalue weighted by atomic mass is 35.5. The fraction of sp³-hybridized carbons (Fsp3) is 0.0714. The van der Waals surface area contributed by atoms with Crippen LogP contribution in [0.1, 0.15) is 0 Å². The van der Waals surface area contributed by atoms with E-state index in [2.05, 4.69) is 10.6 Å². The molecule has 22 heavy (non-hydrogen) atoms. The van der Waals surface area contributed by atoms with Gasteiger partial charge in [0.05, 0.1) is 4.92 Å². The maximum atomic E-state index is 11.9. The number of nitrogens with zero attached hydrogens (tertiary/aromatic N) is 1. The van der Waals surface area contributed by atoms with Crippen molar-refractivity contribution in [1.82, 2.24) is 0 Å². The maximum Gasteiger partial charge on any atom is 0.323 e. The zero-order valence-corrected chi connectivity index (χ0v) is 13.1. The van der Waals surface area contributed by atoms with Crippen LogP contribution in [0.25, 0.3) is 0 Å². The lowest BCUT2D eigenvalue weighted by Crippen LogP contribution is -2.19. The molecule has 0 aliphatic carbocycles. The fourth-order valence-corrected chi connectivity index (χ4v) is 2.37. The molecule has 8 heteroatoms. The van der Waals surface area contributed by atoms with Gasteiger partial charge in [0.15, 0.2) is 0 Å². The molecule has 2 N–H and O–H groups in total. The van der Waals surface area contributed by atoms with Crippen molar-refractivity contribution in [2.75, 3.05) is 16.9 Å². The average Bonchev–Trinajstić information content (AvgIpc) is 2.49. The third kappa shape index (κ3) is 4.12. The van der Waals surface area contributed by atoms with E-state index in [9.17, 15) is 14.9 Å². The van der Waals surface area contributed by atoms with E-state index in [4.69, 9.17) is 11.6 Å². The van der Waals surface area contributed by atoms with Gasteiger partial charge in [-0.25, -0.2) is 4.79 Å². The average molecular weight is 338 g/mol. The summed E-state index contributed by atoms with van der Waals surface area (Å²) in [5.41, 5.74) is 0.659. The van der Waals surface area contributed by atoms with E-state index in [1.165, 1.54) is 18.2 Å². The highest BCUT2D eigenvalue weighted by Gasteiger charge is 2.13. The summed E-state index contributed by atoms with van der Waals surface area (Å²) in [5, 5.41) is 16.0. The van der Waals surface area contributed by atoms with Crippen molar-refractivity contribution >= 4 is 46.5 Å². The number of hydrogen-bond acceptors (Lipinski definition) is 4. The second-order valence-corrected chi connectivity index (χ2v) is 5.52. The van der Waals surface area contributed by atoms with Gasteiger partial charge in [-0.3, -0.25) is 10.1 Å². The minimum absolute atomic E-state index is 0.0172. The molecule has 0 aliphatic heterocycles. The molecule has 0 aromatic heterocycles. The minimum Gasteiger partial charge on any atom is -0.308 e. The van der Waals surface area contributed by atoms with E-state index in [0.717, 1.165) is 4.90 Å². The molecule has 2 aromatic carbocycles. The van der Waals surface area contributed by atoms with Gasteiger partial charge >= 0.3 is 6.03 Å². The summed E-state index contributed by atoms with van der Waals surface area (Å²) in [7, 11) is 0. The number of thioether (sulfide) groups is 1.